The number of hydrogen-bond donors (Lipinski definition) is 2. The minimum atomic E-state index is -0.281. The summed E-state index contributed by atoms with van der Waals surface area (Å²) in [6.45, 7) is 1.83. The molecule has 0 aliphatic rings. The standard InChI is InChI=1S/C7H8N2OS/c1-5-3-2-4-6(8-5)7(10)9-11/h2-4,11H,1H3,(H,9,10). The Labute approximate surface area is 70.4 Å². The third-order valence-electron chi connectivity index (χ3n) is 1.22. The Morgan fingerprint density at radius 1 is 1.64 bits per heavy atom. The average Bonchev–Trinajstić information content (AvgIpc) is 2.03. The van der Waals surface area contributed by atoms with E-state index in [0.29, 0.717) is 5.69 Å². The topological polar surface area (TPSA) is 42.0 Å². The molecule has 0 aliphatic carbocycles. The number of carbonyl (C=O) groups is 1. The molecule has 1 heterocycles. The van der Waals surface area contributed by atoms with Crippen LogP contribution in [0.2, 0.25) is 0 Å². The zero-order chi connectivity index (χ0) is 8.27. The molecule has 0 radical (unpaired) electrons. The van der Waals surface area contributed by atoms with Gasteiger partial charge in [-0.05, 0) is 19.1 Å². The van der Waals surface area contributed by atoms with E-state index in [-0.39, 0.29) is 5.91 Å². The van der Waals surface area contributed by atoms with Crippen LogP contribution in [0.15, 0.2) is 18.2 Å². The second kappa shape index (κ2) is 3.39. The first-order valence-corrected chi connectivity index (χ1v) is 3.57. The van der Waals surface area contributed by atoms with Gasteiger partial charge >= 0.3 is 0 Å². The number of carbonyl (C=O) groups excluding carboxylic acids is 1. The summed E-state index contributed by atoms with van der Waals surface area (Å²) in [7, 11) is 0. The lowest BCUT2D eigenvalue weighted by molar-refractivity contribution is 0.0980. The molecule has 0 aromatic carbocycles. The minimum absolute atomic E-state index is 0.281. The van der Waals surface area contributed by atoms with E-state index in [1.165, 1.54) is 0 Å². The summed E-state index contributed by atoms with van der Waals surface area (Å²) in [6.07, 6.45) is 0. The summed E-state index contributed by atoms with van der Waals surface area (Å²) < 4.78 is 2.20. The third kappa shape index (κ3) is 1.94. The molecule has 0 aliphatic heterocycles. The highest BCUT2D eigenvalue weighted by atomic mass is 32.1. The molecule has 0 atom stereocenters. The summed E-state index contributed by atoms with van der Waals surface area (Å²) in [6, 6.07) is 5.24. The molecule has 1 aromatic rings. The molecule has 0 saturated carbocycles. The normalized spacial score (nSPS) is 9.27. The van der Waals surface area contributed by atoms with Crippen molar-refractivity contribution in [3.8, 4) is 0 Å². The summed E-state index contributed by atoms with van der Waals surface area (Å²) in [4.78, 5) is 14.9. The number of aryl methyl sites for hydroxylation is 1. The maximum Gasteiger partial charge on any atom is 0.279 e. The van der Waals surface area contributed by atoms with Crippen molar-refractivity contribution in [3.63, 3.8) is 0 Å². The van der Waals surface area contributed by atoms with Gasteiger partial charge in [-0.25, -0.2) is 4.98 Å². The van der Waals surface area contributed by atoms with E-state index < -0.39 is 0 Å². The van der Waals surface area contributed by atoms with E-state index in [1.54, 1.807) is 12.1 Å². The van der Waals surface area contributed by atoms with Crippen molar-refractivity contribution in [2.75, 3.05) is 0 Å². The zero-order valence-electron chi connectivity index (χ0n) is 6.03. The van der Waals surface area contributed by atoms with Gasteiger partial charge in [0, 0.05) is 5.69 Å². The second-order valence-corrected chi connectivity index (χ2v) is 2.33. The van der Waals surface area contributed by atoms with Crippen LogP contribution in [-0.2, 0) is 0 Å². The van der Waals surface area contributed by atoms with Crippen LogP contribution in [0, 0.1) is 6.92 Å². The summed E-state index contributed by atoms with van der Waals surface area (Å²) in [5, 5.41) is 0. The Kier molecular flexibility index (Phi) is 2.48. The Balaban J connectivity index is 2.96. The maximum absolute atomic E-state index is 10.9. The number of amides is 1. The number of nitrogens with zero attached hydrogens (tertiary/aromatic N) is 1. The smallest absolute Gasteiger partial charge is 0.279 e. The van der Waals surface area contributed by atoms with Gasteiger partial charge in [0.1, 0.15) is 5.69 Å². The Bertz CT molecular complexity index is 275. The number of hydrogen-bond acceptors (Lipinski definition) is 3. The van der Waals surface area contributed by atoms with E-state index in [0.717, 1.165) is 5.69 Å². The molecule has 4 heteroatoms. The molecule has 1 N–H and O–H groups in total. The predicted molar refractivity (Wildman–Crippen MR) is 45.4 cm³/mol. The van der Waals surface area contributed by atoms with Crippen molar-refractivity contribution in [1.82, 2.24) is 9.71 Å². The highest BCUT2D eigenvalue weighted by molar-refractivity contribution is 7.78. The molecular formula is C7H8N2OS. The molecule has 0 bridgehead atoms. The molecule has 11 heavy (non-hydrogen) atoms. The number of rotatable bonds is 1. The molecular weight excluding hydrogens is 160 g/mol. The van der Waals surface area contributed by atoms with Gasteiger partial charge in [-0.1, -0.05) is 18.9 Å². The van der Waals surface area contributed by atoms with Gasteiger partial charge in [0.25, 0.3) is 5.91 Å². The largest absolute Gasteiger partial charge is 0.297 e. The van der Waals surface area contributed by atoms with Crippen LogP contribution < -0.4 is 4.72 Å². The van der Waals surface area contributed by atoms with Gasteiger partial charge in [0.2, 0.25) is 0 Å². The first-order chi connectivity index (χ1) is 5.24. The van der Waals surface area contributed by atoms with Gasteiger partial charge in [0.05, 0.1) is 0 Å². The number of pyridine rings is 1. The molecule has 0 fully saturated rings. The van der Waals surface area contributed by atoms with Gasteiger partial charge < -0.3 is 0 Å². The molecule has 0 unspecified atom stereocenters. The minimum Gasteiger partial charge on any atom is -0.297 e. The van der Waals surface area contributed by atoms with Gasteiger partial charge in [0.15, 0.2) is 0 Å². The third-order valence-corrected chi connectivity index (χ3v) is 1.43. The van der Waals surface area contributed by atoms with Crippen LogP contribution in [0.5, 0.6) is 0 Å². The van der Waals surface area contributed by atoms with Gasteiger partial charge in [-0.2, -0.15) is 0 Å². The summed E-state index contributed by atoms with van der Waals surface area (Å²) >= 11 is 3.62. The van der Waals surface area contributed by atoms with E-state index in [9.17, 15) is 4.79 Å². The number of aromatic nitrogens is 1. The number of thiol groups is 1. The number of nitrogens with one attached hydrogen (secondary N) is 1. The fourth-order valence-corrected chi connectivity index (χ4v) is 0.841. The molecule has 58 valence electrons. The molecule has 1 aromatic heterocycles. The molecule has 0 saturated heterocycles. The van der Waals surface area contributed by atoms with Crippen molar-refractivity contribution in [2.24, 2.45) is 0 Å². The van der Waals surface area contributed by atoms with E-state index in [1.807, 2.05) is 13.0 Å². The summed E-state index contributed by atoms with van der Waals surface area (Å²) in [5.74, 6) is -0.281. The molecule has 0 spiro atoms. The fraction of sp³-hybridized carbons (Fsp3) is 0.143. The van der Waals surface area contributed by atoms with Crippen molar-refractivity contribution < 1.29 is 4.79 Å². The van der Waals surface area contributed by atoms with E-state index in [2.05, 4.69) is 22.5 Å². The maximum atomic E-state index is 10.9. The molecule has 1 rings (SSSR count). The van der Waals surface area contributed by atoms with Crippen LogP contribution in [0.3, 0.4) is 0 Å². The van der Waals surface area contributed by atoms with Crippen LogP contribution in [-0.4, -0.2) is 10.9 Å². The Morgan fingerprint density at radius 3 is 2.91 bits per heavy atom. The van der Waals surface area contributed by atoms with E-state index >= 15 is 0 Å². The monoisotopic (exact) mass is 168 g/mol. The quantitative estimate of drug-likeness (QED) is 0.613. The first-order valence-electron chi connectivity index (χ1n) is 3.12. The lowest BCUT2D eigenvalue weighted by Gasteiger charge is -1.97. The van der Waals surface area contributed by atoms with Crippen LogP contribution in [0.4, 0.5) is 0 Å². The molecule has 1 amide bonds. The van der Waals surface area contributed by atoms with Gasteiger partial charge in [-0.3, -0.25) is 9.52 Å². The zero-order valence-corrected chi connectivity index (χ0v) is 6.93. The van der Waals surface area contributed by atoms with Crippen molar-refractivity contribution in [1.29, 1.82) is 0 Å². The van der Waals surface area contributed by atoms with Gasteiger partial charge in [-0.15, -0.1) is 0 Å². The van der Waals surface area contributed by atoms with Crippen molar-refractivity contribution in [3.05, 3.63) is 29.6 Å². The van der Waals surface area contributed by atoms with E-state index in [4.69, 9.17) is 0 Å². The highest BCUT2D eigenvalue weighted by Crippen LogP contribution is 1.97. The summed E-state index contributed by atoms with van der Waals surface area (Å²) in [5.41, 5.74) is 1.21. The lowest BCUT2D eigenvalue weighted by Crippen LogP contribution is -2.14. The predicted octanol–water partition coefficient (Wildman–Crippen LogP) is 0.965. The van der Waals surface area contributed by atoms with Crippen LogP contribution in [0.25, 0.3) is 0 Å². The SMILES string of the molecule is Cc1cccc(C(=O)NS)n1. The van der Waals surface area contributed by atoms with Crippen molar-refractivity contribution >= 4 is 18.7 Å². The Hall–Kier alpha value is -1.03. The van der Waals surface area contributed by atoms with Crippen LogP contribution >= 0.6 is 12.8 Å². The van der Waals surface area contributed by atoms with Crippen molar-refractivity contribution in [2.45, 2.75) is 6.92 Å². The highest BCUT2D eigenvalue weighted by Gasteiger charge is 2.02. The first kappa shape index (κ1) is 8.07. The fourth-order valence-electron chi connectivity index (χ4n) is 0.727. The second-order valence-electron chi connectivity index (χ2n) is 2.11. The lowest BCUT2D eigenvalue weighted by atomic mass is 10.3. The Morgan fingerprint density at radius 2 is 2.36 bits per heavy atom. The molecule has 3 nitrogen and oxygen atoms in total. The van der Waals surface area contributed by atoms with Crippen LogP contribution in [0.1, 0.15) is 16.2 Å². The average molecular weight is 168 g/mol.